The maximum absolute atomic E-state index is 4.58. The topological polar surface area (TPSA) is 37.3 Å². The van der Waals surface area contributed by atoms with Gasteiger partial charge in [-0.3, -0.25) is 4.99 Å². The number of thioether (sulfide) groups is 1. The van der Waals surface area contributed by atoms with Crippen LogP contribution in [0.1, 0.15) is 25.3 Å². The first-order valence-electron chi connectivity index (χ1n) is 5.56. The van der Waals surface area contributed by atoms with E-state index in [9.17, 15) is 0 Å². The SMILES string of the molecule is CCC1(C)CSC(=NCCc2nccs2)N1. The van der Waals surface area contributed by atoms with Crippen molar-refractivity contribution in [2.45, 2.75) is 32.2 Å². The van der Waals surface area contributed by atoms with E-state index >= 15 is 0 Å². The number of aromatic nitrogens is 1. The molecule has 88 valence electrons. The summed E-state index contributed by atoms with van der Waals surface area (Å²) in [5.41, 5.74) is 0.241. The van der Waals surface area contributed by atoms with Crippen LogP contribution in [0.4, 0.5) is 0 Å². The molecular formula is C11H17N3S2. The minimum atomic E-state index is 0.241. The van der Waals surface area contributed by atoms with Gasteiger partial charge in [-0.2, -0.15) is 0 Å². The molecule has 0 saturated carbocycles. The van der Waals surface area contributed by atoms with Crippen molar-refractivity contribution in [2.75, 3.05) is 12.3 Å². The van der Waals surface area contributed by atoms with Crippen LogP contribution in [0.2, 0.25) is 0 Å². The van der Waals surface area contributed by atoms with E-state index in [2.05, 4.69) is 29.1 Å². The Morgan fingerprint density at radius 2 is 2.50 bits per heavy atom. The molecule has 2 rings (SSSR count). The third-order valence-electron chi connectivity index (χ3n) is 2.78. The van der Waals surface area contributed by atoms with Crippen molar-refractivity contribution < 1.29 is 0 Å². The monoisotopic (exact) mass is 255 g/mol. The first-order chi connectivity index (χ1) is 7.72. The summed E-state index contributed by atoms with van der Waals surface area (Å²) in [6, 6.07) is 0. The second kappa shape index (κ2) is 5.19. The van der Waals surface area contributed by atoms with Crippen LogP contribution in [-0.2, 0) is 6.42 Å². The molecule has 1 aromatic heterocycles. The summed E-state index contributed by atoms with van der Waals surface area (Å²) in [6.45, 7) is 5.30. The minimum Gasteiger partial charge on any atom is -0.359 e. The molecular weight excluding hydrogens is 238 g/mol. The van der Waals surface area contributed by atoms with E-state index in [1.165, 1.54) is 5.01 Å². The van der Waals surface area contributed by atoms with E-state index in [1.807, 2.05) is 23.3 Å². The molecule has 1 N–H and O–H groups in total. The minimum absolute atomic E-state index is 0.241. The molecule has 0 aliphatic carbocycles. The zero-order valence-electron chi connectivity index (χ0n) is 9.69. The Bertz CT molecular complexity index is 361. The molecule has 1 fully saturated rings. The third-order valence-corrected chi connectivity index (χ3v) is 4.91. The lowest BCUT2D eigenvalue weighted by Crippen LogP contribution is -2.39. The fourth-order valence-electron chi connectivity index (χ4n) is 1.46. The fraction of sp³-hybridized carbons (Fsp3) is 0.636. The van der Waals surface area contributed by atoms with Crippen LogP contribution >= 0.6 is 23.1 Å². The van der Waals surface area contributed by atoms with Crippen molar-refractivity contribution in [3.63, 3.8) is 0 Å². The second-order valence-electron chi connectivity index (χ2n) is 4.19. The lowest BCUT2D eigenvalue weighted by Gasteiger charge is -2.20. The van der Waals surface area contributed by atoms with Gasteiger partial charge in [-0.25, -0.2) is 4.98 Å². The van der Waals surface area contributed by atoms with Gasteiger partial charge in [0.2, 0.25) is 0 Å². The van der Waals surface area contributed by atoms with E-state index in [0.29, 0.717) is 0 Å². The highest BCUT2D eigenvalue weighted by Gasteiger charge is 2.30. The van der Waals surface area contributed by atoms with Gasteiger partial charge in [0.15, 0.2) is 5.17 Å². The first kappa shape index (κ1) is 11.9. The van der Waals surface area contributed by atoms with Crippen LogP contribution < -0.4 is 5.32 Å². The quantitative estimate of drug-likeness (QED) is 0.898. The molecule has 0 amide bonds. The van der Waals surface area contributed by atoms with Crippen LogP contribution in [0.15, 0.2) is 16.6 Å². The lowest BCUT2D eigenvalue weighted by atomic mass is 10.0. The summed E-state index contributed by atoms with van der Waals surface area (Å²) in [5.74, 6) is 1.12. The van der Waals surface area contributed by atoms with Gasteiger partial charge in [-0.1, -0.05) is 18.7 Å². The number of rotatable bonds is 4. The summed E-state index contributed by atoms with van der Waals surface area (Å²) in [7, 11) is 0. The number of thiazole rings is 1. The molecule has 2 heterocycles. The summed E-state index contributed by atoms with van der Waals surface area (Å²) in [4.78, 5) is 8.82. The van der Waals surface area contributed by atoms with Crippen molar-refractivity contribution in [3.05, 3.63) is 16.6 Å². The second-order valence-corrected chi connectivity index (χ2v) is 6.13. The van der Waals surface area contributed by atoms with Crippen molar-refractivity contribution >= 4 is 28.3 Å². The lowest BCUT2D eigenvalue weighted by molar-refractivity contribution is 0.466. The Kier molecular flexibility index (Phi) is 3.86. The molecule has 1 saturated heterocycles. The van der Waals surface area contributed by atoms with E-state index in [1.54, 1.807) is 11.3 Å². The standard InChI is InChI=1S/C11H17N3S2/c1-3-11(2)8-16-10(14-11)13-5-4-9-12-6-7-15-9/h6-7H,3-5,8H2,1-2H3,(H,13,14). The van der Waals surface area contributed by atoms with Gasteiger partial charge in [0.05, 0.1) is 5.01 Å². The number of nitrogens with one attached hydrogen (secondary N) is 1. The Labute approximate surface area is 105 Å². The normalized spacial score (nSPS) is 27.2. The van der Waals surface area contributed by atoms with Gasteiger partial charge in [0, 0.05) is 35.8 Å². The van der Waals surface area contributed by atoms with Crippen LogP contribution in [0.25, 0.3) is 0 Å². The van der Waals surface area contributed by atoms with Gasteiger partial charge < -0.3 is 5.32 Å². The van der Waals surface area contributed by atoms with E-state index in [-0.39, 0.29) is 5.54 Å². The van der Waals surface area contributed by atoms with Gasteiger partial charge in [-0.05, 0) is 13.3 Å². The third kappa shape index (κ3) is 2.98. The summed E-state index contributed by atoms with van der Waals surface area (Å²) < 4.78 is 0. The molecule has 0 bridgehead atoms. The molecule has 5 heteroatoms. The van der Waals surface area contributed by atoms with Crippen molar-refractivity contribution in [1.82, 2.24) is 10.3 Å². The Balaban J connectivity index is 1.81. The number of hydrogen-bond donors (Lipinski definition) is 1. The molecule has 1 aromatic rings. The maximum Gasteiger partial charge on any atom is 0.157 e. The first-order valence-corrected chi connectivity index (χ1v) is 7.42. The molecule has 16 heavy (non-hydrogen) atoms. The number of aliphatic imine (C=N–C) groups is 1. The Morgan fingerprint density at radius 3 is 3.12 bits per heavy atom. The average molecular weight is 255 g/mol. The molecule has 1 aliphatic rings. The van der Waals surface area contributed by atoms with Crippen molar-refractivity contribution in [2.24, 2.45) is 4.99 Å². The van der Waals surface area contributed by atoms with E-state index in [0.717, 1.165) is 30.3 Å². The highest BCUT2D eigenvalue weighted by atomic mass is 32.2. The molecule has 1 aliphatic heterocycles. The fourth-order valence-corrected chi connectivity index (χ4v) is 3.31. The van der Waals surface area contributed by atoms with Crippen molar-refractivity contribution in [1.29, 1.82) is 0 Å². The predicted octanol–water partition coefficient (Wildman–Crippen LogP) is 2.55. The summed E-state index contributed by atoms with van der Waals surface area (Å²) in [5, 5.41) is 7.78. The smallest absolute Gasteiger partial charge is 0.157 e. The van der Waals surface area contributed by atoms with Gasteiger partial charge in [-0.15, -0.1) is 11.3 Å². The number of hydrogen-bond acceptors (Lipinski definition) is 4. The highest BCUT2D eigenvalue weighted by molar-refractivity contribution is 8.14. The largest absolute Gasteiger partial charge is 0.359 e. The molecule has 0 radical (unpaired) electrons. The van der Waals surface area contributed by atoms with E-state index in [4.69, 9.17) is 0 Å². The Morgan fingerprint density at radius 1 is 1.62 bits per heavy atom. The number of amidine groups is 1. The van der Waals surface area contributed by atoms with E-state index < -0.39 is 0 Å². The van der Waals surface area contributed by atoms with Crippen molar-refractivity contribution in [3.8, 4) is 0 Å². The molecule has 1 unspecified atom stereocenters. The molecule has 3 nitrogen and oxygen atoms in total. The van der Waals surface area contributed by atoms with Crippen LogP contribution in [0, 0.1) is 0 Å². The maximum atomic E-state index is 4.58. The zero-order chi connectivity index (χ0) is 11.4. The summed E-state index contributed by atoms with van der Waals surface area (Å²) in [6.07, 6.45) is 3.95. The number of nitrogens with zero attached hydrogens (tertiary/aromatic N) is 2. The van der Waals surface area contributed by atoms with Gasteiger partial charge in [0.25, 0.3) is 0 Å². The molecule has 0 spiro atoms. The van der Waals surface area contributed by atoms with Gasteiger partial charge >= 0.3 is 0 Å². The predicted molar refractivity (Wildman–Crippen MR) is 72.4 cm³/mol. The Hall–Kier alpha value is -0.550. The highest BCUT2D eigenvalue weighted by Crippen LogP contribution is 2.25. The summed E-state index contributed by atoms with van der Waals surface area (Å²) >= 11 is 3.54. The zero-order valence-corrected chi connectivity index (χ0v) is 11.3. The van der Waals surface area contributed by atoms with Crippen LogP contribution in [0.3, 0.4) is 0 Å². The van der Waals surface area contributed by atoms with Gasteiger partial charge in [0.1, 0.15) is 0 Å². The average Bonchev–Trinajstić information content (AvgIpc) is 2.90. The van der Waals surface area contributed by atoms with Crippen LogP contribution in [-0.4, -0.2) is 28.0 Å². The van der Waals surface area contributed by atoms with Crippen LogP contribution in [0.5, 0.6) is 0 Å². The molecule has 0 aromatic carbocycles. The molecule has 1 atom stereocenters.